The van der Waals surface area contributed by atoms with Crippen molar-refractivity contribution in [3.05, 3.63) is 48.5 Å². The minimum atomic E-state index is 0.629. The maximum Gasteiger partial charge on any atom is 0.124 e. The number of hydrogen-bond donors (Lipinski definition) is 0. The van der Waals surface area contributed by atoms with Crippen molar-refractivity contribution >= 4 is 33.2 Å². The number of aromatic nitrogens is 1. The number of nitrogens with zero attached hydrogens (tertiary/aromatic N) is 1. The van der Waals surface area contributed by atoms with Crippen molar-refractivity contribution in [1.29, 1.82) is 0 Å². The van der Waals surface area contributed by atoms with Gasteiger partial charge in [0, 0.05) is 11.4 Å². The van der Waals surface area contributed by atoms with Crippen molar-refractivity contribution < 1.29 is 4.74 Å². The molecule has 102 valence electrons. The quantitative estimate of drug-likeness (QED) is 0.490. The number of ether oxygens (including phenoxy) is 1. The molecule has 0 radical (unpaired) electrons. The van der Waals surface area contributed by atoms with Crippen LogP contribution in [0.3, 0.4) is 0 Å². The molecule has 0 aliphatic heterocycles. The lowest BCUT2D eigenvalue weighted by molar-refractivity contribution is 0.318. The van der Waals surface area contributed by atoms with Crippen LogP contribution in [0.25, 0.3) is 20.8 Å². The highest BCUT2D eigenvalue weighted by Crippen LogP contribution is 2.30. The fourth-order valence-corrected chi connectivity index (χ4v) is 3.01. The number of fused-ring (bicyclic) bond motifs is 1. The van der Waals surface area contributed by atoms with Crippen molar-refractivity contribution in [1.82, 2.24) is 4.98 Å². The van der Waals surface area contributed by atoms with Crippen molar-refractivity contribution in [2.45, 2.75) is 6.42 Å². The second kappa shape index (κ2) is 6.25. The van der Waals surface area contributed by atoms with E-state index in [9.17, 15) is 0 Å². The zero-order valence-electron chi connectivity index (χ0n) is 10.9. The molecule has 3 rings (SSSR count). The van der Waals surface area contributed by atoms with Crippen LogP contribution in [0, 0.1) is 0 Å². The first-order valence-corrected chi connectivity index (χ1v) is 7.87. The maximum atomic E-state index is 5.62. The summed E-state index contributed by atoms with van der Waals surface area (Å²) in [5, 5.41) is 1.04. The fraction of sp³-hybridized carbons (Fsp3) is 0.188. The van der Waals surface area contributed by atoms with E-state index in [4.69, 9.17) is 16.3 Å². The Bertz CT molecular complexity index is 660. The van der Waals surface area contributed by atoms with Crippen LogP contribution in [-0.2, 0) is 0 Å². The first-order valence-electron chi connectivity index (χ1n) is 6.51. The molecule has 2 aromatic carbocycles. The second-order valence-electron chi connectivity index (χ2n) is 4.40. The summed E-state index contributed by atoms with van der Waals surface area (Å²) in [6.07, 6.45) is 0.862. The average molecular weight is 304 g/mol. The van der Waals surface area contributed by atoms with E-state index in [0.717, 1.165) is 28.3 Å². The van der Waals surface area contributed by atoms with Gasteiger partial charge in [-0.1, -0.05) is 12.1 Å². The molecule has 0 aliphatic rings. The summed E-state index contributed by atoms with van der Waals surface area (Å²) in [5.41, 5.74) is 2.17. The summed E-state index contributed by atoms with van der Waals surface area (Å²) in [6, 6.07) is 16.3. The third-order valence-electron chi connectivity index (χ3n) is 2.94. The number of para-hydroxylation sites is 1. The summed E-state index contributed by atoms with van der Waals surface area (Å²) in [6.45, 7) is 0.657. The summed E-state index contributed by atoms with van der Waals surface area (Å²) in [4.78, 5) is 4.65. The van der Waals surface area contributed by atoms with Crippen molar-refractivity contribution in [3.63, 3.8) is 0 Å². The number of alkyl halides is 1. The number of thiazole rings is 1. The van der Waals surface area contributed by atoms with E-state index >= 15 is 0 Å². The summed E-state index contributed by atoms with van der Waals surface area (Å²) >= 11 is 7.33. The van der Waals surface area contributed by atoms with Crippen LogP contribution < -0.4 is 4.74 Å². The Labute approximate surface area is 127 Å². The third-order valence-corrected chi connectivity index (χ3v) is 4.29. The summed E-state index contributed by atoms with van der Waals surface area (Å²) < 4.78 is 6.81. The van der Waals surface area contributed by atoms with Gasteiger partial charge < -0.3 is 4.74 Å². The van der Waals surface area contributed by atoms with Crippen LogP contribution in [0.15, 0.2) is 48.5 Å². The Morgan fingerprint density at radius 1 is 1.05 bits per heavy atom. The number of benzene rings is 2. The van der Waals surface area contributed by atoms with Gasteiger partial charge in [0.25, 0.3) is 0 Å². The average Bonchev–Trinajstić information content (AvgIpc) is 2.92. The number of hydrogen-bond acceptors (Lipinski definition) is 3. The summed E-state index contributed by atoms with van der Waals surface area (Å²) in [7, 11) is 0. The van der Waals surface area contributed by atoms with Crippen LogP contribution in [0.4, 0.5) is 0 Å². The van der Waals surface area contributed by atoms with Gasteiger partial charge in [-0.15, -0.1) is 22.9 Å². The molecular formula is C16H14ClNOS. The largest absolute Gasteiger partial charge is 0.494 e. The van der Waals surface area contributed by atoms with E-state index in [2.05, 4.69) is 11.1 Å². The zero-order valence-corrected chi connectivity index (χ0v) is 12.5. The SMILES string of the molecule is ClCCCOc1ccc(-c2nc3ccccc3s2)cc1. The zero-order chi connectivity index (χ0) is 13.8. The van der Waals surface area contributed by atoms with Gasteiger partial charge in [0.15, 0.2) is 0 Å². The van der Waals surface area contributed by atoms with E-state index < -0.39 is 0 Å². The van der Waals surface area contributed by atoms with E-state index in [1.165, 1.54) is 4.70 Å². The first-order chi connectivity index (χ1) is 9.86. The van der Waals surface area contributed by atoms with Gasteiger partial charge in [0.1, 0.15) is 10.8 Å². The molecule has 4 heteroatoms. The van der Waals surface area contributed by atoms with Gasteiger partial charge in [0.05, 0.1) is 16.8 Å². The molecule has 0 fully saturated rings. The maximum absolute atomic E-state index is 5.62. The van der Waals surface area contributed by atoms with Crippen LogP contribution in [0.5, 0.6) is 5.75 Å². The molecule has 2 nitrogen and oxygen atoms in total. The van der Waals surface area contributed by atoms with E-state index in [-0.39, 0.29) is 0 Å². The van der Waals surface area contributed by atoms with Crippen molar-refractivity contribution in [2.24, 2.45) is 0 Å². The first kappa shape index (κ1) is 13.4. The molecular weight excluding hydrogens is 290 g/mol. The lowest BCUT2D eigenvalue weighted by Crippen LogP contribution is -1.97. The minimum Gasteiger partial charge on any atom is -0.494 e. The second-order valence-corrected chi connectivity index (χ2v) is 5.81. The van der Waals surface area contributed by atoms with Crippen LogP contribution >= 0.6 is 22.9 Å². The molecule has 20 heavy (non-hydrogen) atoms. The highest BCUT2D eigenvalue weighted by atomic mass is 35.5. The standard InChI is InChI=1S/C16H14ClNOS/c17-10-3-11-19-13-8-6-12(7-9-13)16-18-14-4-1-2-5-15(14)20-16/h1-2,4-9H,3,10-11H2. The molecule has 0 unspecified atom stereocenters. The predicted octanol–water partition coefficient (Wildman–Crippen LogP) is 4.97. The summed E-state index contributed by atoms with van der Waals surface area (Å²) in [5.74, 6) is 1.50. The van der Waals surface area contributed by atoms with Crippen molar-refractivity contribution in [3.8, 4) is 16.3 Å². The molecule has 0 amide bonds. The third kappa shape index (κ3) is 2.94. The Morgan fingerprint density at radius 2 is 1.85 bits per heavy atom. The van der Waals surface area contributed by atoms with Gasteiger partial charge in [-0.25, -0.2) is 4.98 Å². The lowest BCUT2D eigenvalue weighted by Gasteiger charge is -2.05. The monoisotopic (exact) mass is 303 g/mol. The highest BCUT2D eigenvalue weighted by Gasteiger charge is 2.05. The van der Waals surface area contributed by atoms with Gasteiger partial charge in [-0.2, -0.15) is 0 Å². The molecule has 0 atom stereocenters. The minimum absolute atomic E-state index is 0.629. The Balaban J connectivity index is 1.79. The van der Waals surface area contributed by atoms with Crippen molar-refractivity contribution in [2.75, 3.05) is 12.5 Å². The smallest absolute Gasteiger partial charge is 0.124 e. The van der Waals surface area contributed by atoms with E-state index in [1.54, 1.807) is 11.3 Å². The van der Waals surface area contributed by atoms with Crippen LogP contribution in [-0.4, -0.2) is 17.5 Å². The van der Waals surface area contributed by atoms with Crippen LogP contribution in [0.1, 0.15) is 6.42 Å². The molecule has 1 heterocycles. The van der Waals surface area contributed by atoms with Gasteiger partial charge in [0.2, 0.25) is 0 Å². The molecule has 1 aromatic heterocycles. The molecule has 0 aliphatic carbocycles. The van der Waals surface area contributed by atoms with Gasteiger partial charge in [-0.05, 0) is 42.8 Å². The lowest BCUT2D eigenvalue weighted by atomic mass is 10.2. The van der Waals surface area contributed by atoms with Gasteiger partial charge in [-0.3, -0.25) is 0 Å². The van der Waals surface area contributed by atoms with E-state index in [1.807, 2.05) is 42.5 Å². The molecule has 0 N–H and O–H groups in total. The normalized spacial score (nSPS) is 10.8. The number of rotatable bonds is 5. The van der Waals surface area contributed by atoms with Crippen LogP contribution in [0.2, 0.25) is 0 Å². The van der Waals surface area contributed by atoms with Gasteiger partial charge >= 0.3 is 0 Å². The molecule has 0 spiro atoms. The Morgan fingerprint density at radius 3 is 2.60 bits per heavy atom. The Kier molecular flexibility index (Phi) is 4.19. The molecule has 0 bridgehead atoms. The highest BCUT2D eigenvalue weighted by molar-refractivity contribution is 7.21. The molecule has 0 saturated carbocycles. The molecule has 3 aromatic rings. The fourth-order valence-electron chi connectivity index (χ4n) is 1.93. The topological polar surface area (TPSA) is 22.1 Å². The number of halogens is 1. The van der Waals surface area contributed by atoms with E-state index in [0.29, 0.717) is 12.5 Å². The molecule has 0 saturated heterocycles. The Hall–Kier alpha value is -1.58. The predicted molar refractivity (Wildman–Crippen MR) is 85.9 cm³/mol.